The molecule has 3 atom stereocenters. The largest absolute Gasteiger partial charge is 0.317 e. The van der Waals surface area contributed by atoms with E-state index in [9.17, 15) is 18.0 Å². The molecule has 0 spiro atoms. The smallest absolute Gasteiger partial charge is 0.231 e. The van der Waals surface area contributed by atoms with Gasteiger partial charge < -0.3 is 10.2 Å². The van der Waals surface area contributed by atoms with Gasteiger partial charge in [0.25, 0.3) is 0 Å². The average Bonchev–Trinajstić information content (AvgIpc) is 3.21. The fourth-order valence-electron chi connectivity index (χ4n) is 6.36. The lowest BCUT2D eigenvalue weighted by molar-refractivity contribution is -0.117. The van der Waals surface area contributed by atoms with Crippen LogP contribution in [0.15, 0.2) is 12.1 Å². The molecule has 3 saturated heterocycles. The maximum Gasteiger partial charge on any atom is 0.231 e. The highest BCUT2D eigenvalue weighted by atomic mass is 35.5. The van der Waals surface area contributed by atoms with Crippen molar-refractivity contribution in [3.63, 3.8) is 0 Å². The Morgan fingerprint density at radius 1 is 1.09 bits per heavy atom. The molecule has 4 aliphatic heterocycles. The Morgan fingerprint density at radius 2 is 1.76 bits per heavy atom. The number of anilines is 1. The summed E-state index contributed by atoms with van der Waals surface area (Å²) in [5, 5.41) is 3.68. The normalized spacial score (nSPS) is 28.4. The van der Waals surface area contributed by atoms with Crippen molar-refractivity contribution >= 4 is 39.0 Å². The summed E-state index contributed by atoms with van der Waals surface area (Å²) in [6.07, 6.45) is 5.74. The topological polar surface area (TPSA) is 86.8 Å². The first-order chi connectivity index (χ1) is 15.7. The number of nitrogens with one attached hydrogen (secondary N) is 1. The van der Waals surface area contributed by atoms with Crippen molar-refractivity contribution in [3.05, 3.63) is 28.3 Å². The van der Waals surface area contributed by atoms with Crippen LogP contribution in [0.3, 0.4) is 0 Å². The summed E-state index contributed by atoms with van der Waals surface area (Å²) in [7, 11) is -1.57. The van der Waals surface area contributed by atoms with E-state index < -0.39 is 10.0 Å². The van der Waals surface area contributed by atoms with E-state index >= 15 is 0 Å². The maximum atomic E-state index is 13.3. The van der Waals surface area contributed by atoms with Gasteiger partial charge in [0.2, 0.25) is 15.9 Å². The number of Topliss-reactive ketones (excluding diaryl/α,β-unsaturated/α-hetero) is 1. The van der Waals surface area contributed by atoms with E-state index in [-0.39, 0.29) is 41.4 Å². The first kappa shape index (κ1) is 23.3. The number of carbonyl (C=O) groups is 2. The van der Waals surface area contributed by atoms with Gasteiger partial charge in [0.1, 0.15) is 0 Å². The molecule has 9 heteroatoms. The van der Waals surface area contributed by atoms with E-state index in [1.165, 1.54) is 0 Å². The Kier molecular flexibility index (Phi) is 6.31. The van der Waals surface area contributed by atoms with Crippen LogP contribution in [0, 0.1) is 11.8 Å². The highest BCUT2D eigenvalue weighted by Crippen LogP contribution is 2.43. The number of likely N-dealkylation sites (N-methyl/N-ethyl adjacent to an activating group) is 1. The predicted octanol–water partition coefficient (Wildman–Crippen LogP) is 3.00. The minimum atomic E-state index is -3.28. The third-order valence-electron chi connectivity index (χ3n) is 8.01. The van der Waals surface area contributed by atoms with Gasteiger partial charge in [-0.05, 0) is 81.1 Å². The monoisotopic (exact) mass is 493 g/mol. The lowest BCUT2D eigenvalue weighted by Crippen LogP contribution is -2.49. The molecule has 1 aromatic carbocycles. The lowest BCUT2D eigenvalue weighted by atomic mass is 9.86. The molecule has 1 unspecified atom stereocenters. The van der Waals surface area contributed by atoms with Gasteiger partial charge >= 0.3 is 0 Å². The van der Waals surface area contributed by atoms with Crippen molar-refractivity contribution in [2.24, 2.45) is 11.8 Å². The molecule has 1 aromatic rings. The summed E-state index contributed by atoms with van der Waals surface area (Å²) in [6.45, 7) is 1.79. The summed E-state index contributed by atoms with van der Waals surface area (Å²) in [5.41, 5.74) is 2.09. The molecule has 1 amide bonds. The van der Waals surface area contributed by atoms with Crippen molar-refractivity contribution in [3.8, 4) is 0 Å². The van der Waals surface area contributed by atoms with Gasteiger partial charge in [0.05, 0.1) is 17.2 Å². The molecular weight excluding hydrogens is 462 g/mol. The molecule has 33 heavy (non-hydrogen) atoms. The molecule has 4 aliphatic rings. The van der Waals surface area contributed by atoms with Crippen LogP contribution in [-0.2, 0) is 21.2 Å². The number of amides is 1. The van der Waals surface area contributed by atoms with E-state index in [2.05, 4.69) is 5.32 Å². The predicted molar refractivity (Wildman–Crippen MR) is 128 cm³/mol. The second kappa shape index (κ2) is 8.95. The molecule has 180 valence electrons. The molecule has 7 nitrogen and oxygen atoms in total. The van der Waals surface area contributed by atoms with E-state index in [4.69, 9.17) is 11.6 Å². The fraction of sp³-hybridized carbons (Fsp3) is 0.667. The zero-order chi connectivity index (χ0) is 23.3. The second-order valence-corrected chi connectivity index (χ2v) is 12.6. The lowest BCUT2D eigenvalue weighted by Gasteiger charge is -2.38. The third kappa shape index (κ3) is 4.47. The summed E-state index contributed by atoms with van der Waals surface area (Å²) in [4.78, 5) is 26.7. The number of sulfonamides is 1. The van der Waals surface area contributed by atoms with Crippen molar-refractivity contribution in [2.45, 2.75) is 63.5 Å². The van der Waals surface area contributed by atoms with E-state index in [0.29, 0.717) is 23.4 Å². The molecule has 5 rings (SSSR count). The zero-order valence-electron chi connectivity index (χ0n) is 19.1. The molecule has 0 radical (unpaired) electrons. The van der Waals surface area contributed by atoms with Crippen molar-refractivity contribution < 1.29 is 18.0 Å². The Bertz CT molecular complexity index is 1060. The SMILES string of the molecule is CN1C(=O)Cc2cc(C(=O)CC3C[C@H]4CC[C@@H](C3)N4S(=O)(=O)CC3CCNCC3)c(Cl)cc21. The molecular formula is C24H32ClN3O4S. The highest BCUT2D eigenvalue weighted by Gasteiger charge is 2.47. The molecule has 1 N–H and O–H groups in total. The Hall–Kier alpha value is -1.48. The van der Waals surface area contributed by atoms with Crippen LogP contribution in [0.5, 0.6) is 0 Å². The first-order valence-electron chi connectivity index (χ1n) is 12.1. The molecule has 0 aliphatic carbocycles. The minimum Gasteiger partial charge on any atom is -0.317 e. The van der Waals surface area contributed by atoms with E-state index in [1.807, 2.05) is 0 Å². The van der Waals surface area contributed by atoms with Crippen LogP contribution in [0.25, 0.3) is 0 Å². The molecule has 4 heterocycles. The van der Waals surface area contributed by atoms with E-state index in [1.54, 1.807) is 28.4 Å². The Labute approximate surface area is 200 Å². The Morgan fingerprint density at radius 3 is 2.42 bits per heavy atom. The molecule has 3 fully saturated rings. The third-order valence-corrected chi connectivity index (χ3v) is 10.5. The fourth-order valence-corrected chi connectivity index (χ4v) is 9.02. The first-order valence-corrected chi connectivity index (χ1v) is 14.1. The average molecular weight is 494 g/mol. The number of hydrogen-bond donors (Lipinski definition) is 1. The number of rotatable bonds is 6. The van der Waals surface area contributed by atoms with Gasteiger partial charge in [-0.15, -0.1) is 0 Å². The van der Waals surface area contributed by atoms with Crippen LogP contribution < -0.4 is 10.2 Å². The Balaban J connectivity index is 1.25. The number of hydrogen-bond acceptors (Lipinski definition) is 5. The van der Waals surface area contributed by atoms with Crippen molar-refractivity contribution in [1.82, 2.24) is 9.62 Å². The van der Waals surface area contributed by atoms with E-state index in [0.717, 1.165) is 62.9 Å². The van der Waals surface area contributed by atoms with Crippen LogP contribution in [0.2, 0.25) is 5.02 Å². The molecule has 2 bridgehead atoms. The number of benzene rings is 1. The van der Waals surface area contributed by atoms with Gasteiger partial charge in [-0.2, -0.15) is 4.31 Å². The van der Waals surface area contributed by atoms with Crippen LogP contribution in [0.4, 0.5) is 5.69 Å². The number of fused-ring (bicyclic) bond motifs is 3. The highest BCUT2D eigenvalue weighted by molar-refractivity contribution is 7.89. The quantitative estimate of drug-likeness (QED) is 0.615. The standard InChI is InChI=1S/C24H32ClN3O4S/c1-27-22-13-21(25)20(11-17(22)12-24(27)30)23(29)10-16-8-18-2-3-19(9-16)28(18)33(31,32)14-15-4-6-26-7-5-15/h11,13,15-16,18-19,26H,2-10,12,14H2,1H3/t16?,18-,19+. The van der Waals surface area contributed by atoms with Gasteiger partial charge in [-0.1, -0.05) is 11.6 Å². The van der Waals surface area contributed by atoms with Gasteiger partial charge in [-0.25, -0.2) is 8.42 Å². The van der Waals surface area contributed by atoms with Gasteiger partial charge in [0, 0.05) is 36.8 Å². The zero-order valence-corrected chi connectivity index (χ0v) is 20.6. The summed E-state index contributed by atoms with van der Waals surface area (Å²) in [6, 6.07) is 3.51. The number of piperidine rings is 2. The molecule has 0 saturated carbocycles. The summed E-state index contributed by atoms with van der Waals surface area (Å²) >= 11 is 6.43. The van der Waals surface area contributed by atoms with Crippen LogP contribution in [0.1, 0.15) is 60.9 Å². The minimum absolute atomic E-state index is 0.000289. The van der Waals surface area contributed by atoms with Crippen LogP contribution >= 0.6 is 11.6 Å². The summed E-state index contributed by atoms with van der Waals surface area (Å²) in [5.74, 6) is 0.640. The molecule has 0 aromatic heterocycles. The van der Waals surface area contributed by atoms with Gasteiger partial charge in [0.15, 0.2) is 5.78 Å². The second-order valence-electron chi connectivity index (χ2n) is 10.2. The number of nitrogens with zero attached hydrogens (tertiary/aromatic N) is 2. The number of halogens is 1. The van der Waals surface area contributed by atoms with Crippen LogP contribution in [-0.4, -0.2) is 62.4 Å². The number of carbonyl (C=O) groups excluding carboxylic acids is 2. The van der Waals surface area contributed by atoms with Gasteiger partial charge in [-0.3, -0.25) is 9.59 Å². The van der Waals surface area contributed by atoms with Crippen molar-refractivity contribution in [2.75, 3.05) is 30.8 Å². The maximum absolute atomic E-state index is 13.3. The van der Waals surface area contributed by atoms with Crippen molar-refractivity contribution in [1.29, 1.82) is 0 Å². The number of ketones is 1. The summed E-state index contributed by atoms with van der Waals surface area (Å²) < 4.78 is 28.3.